The van der Waals surface area contributed by atoms with E-state index in [1.54, 1.807) is 12.4 Å². The fraction of sp³-hybridized carbons (Fsp3) is 0.750. The summed E-state index contributed by atoms with van der Waals surface area (Å²) in [6.07, 6.45) is 8.26. The van der Waals surface area contributed by atoms with E-state index in [0.29, 0.717) is 12.0 Å². The molecule has 0 aromatic carbocycles. The Morgan fingerprint density at radius 2 is 2.05 bits per heavy atom. The van der Waals surface area contributed by atoms with Gasteiger partial charge in [0, 0.05) is 32.1 Å². The number of ether oxygens (including phenoxy) is 2. The smallest absolute Gasteiger partial charge is 0.257 e. The third-order valence-electron chi connectivity index (χ3n) is 3.53. The number of anilines is 1. The zero-order valence-corrected chi connectivity index (χ0v) is 13.4. The minimum absolute atomic E-state index is 0.105. The van der Waals surface area contributed by atoms with Crippen LogP contribution in [-0.4, -0.2) is 41.9 Å². The molecule has 0 bridgehead atoms. The van der Waals surface area contributed by atoms with E-state index in [1.165, 1.54) is 0 Å². The van der Waals surface area contributed by atoms with Gasteiger partial charge in [0.05, 0.1) is 12.2 Å². The minimum Gasteiger partial charge on any atom is -0.472 e. The number of hydrogen-bond acceptors (Lipinski definition) is 5. The first kappa shape index (κ1) is 16.0. The second-order valence-corrected chi connectivity index (χ2v) is 5.76. The largest absolute Gasteiger partial charge is 0.472 e. The topological polar surface area (TPSA) is 47.5 Å². The summed E-state index contributed by atoms with van der Waals surface area (Å²) in [5.41, 5.74) is 0. The van der Waals surface area contributed by atoms with Gasteiger partial charge in [-0.15, -0.1) is 0 Å². The van der Waals surface area contributed by atoms with Gasteiger partial charge in [-0.05, 0) is 39.5 Å². The molecule has 0 saturated carbocycles. The maximum absolute atomic E-state index is 5.90. The Hall–Kier alpha value is -1.36. The summed E-state index contributed by atoms with van der Waals surface area (Å²) in [6.45, 7) is 8.96. The normalized spacial score (nSPS) is 19.6. The molecule has 2 rings (SSSR count). The van der Waals surface area contributed by atoms with E-state index in [0.717, 1.165) is 51.2 Å². The molecular weight excluding hydrogens is 266 g/mol. The van der Waals surface area contributed by atoms with E-state index >= 15 is 0 Å². The van der Waals surface area contributed by atoms with Crippen molar-refractivity contribution in [2.24, 2.45) is 0 Å². The van der Waals surface area contributed by atoms with Crippen LogP contribution in [0.25, 0.3) is 0 Å². The molecule has 1 fully saturated rings. The van der Waals surface area contributed by atoms with E-state index in [-0.39, 0.29) is 6.10 Å². The number of aromatic nitrogens is 2. The second-order valence-electron chi connectivity index (χ2n) is 5.76. The van der Waals surface area contributed by atoms with Crippen molar-refractivity contribution >= 4 is 5.82 Å². The Morgan fingerprint density at radius 3 is 2.81 bits per heavy atom. The fourth-order valence-electron chi connectivity index (χ4n) is 2.57. The van der Waals surface area contributed by atoms with E-state index in [1.807, 2.05) is 13.8 Å². The van der Waals surface area contributed by atoms with Crippen molar-refractivity contribution in [3.05, 3.63) is 12.4 Å². The first-order chi connectivity index (χ1) is 10.2. The molecule has 0 aliphatic carbocycles. The quantitative estimate of drug-likeness (QED) is 0.806. The van der Waals surface area contributed by atoms with E-state index in [4.69, 9.17) is 9.47 Å². The van der Waals surface area contributed by atoms with Gasteiger partial charge in [-0.25, -0.2) is 9.97 Å². The third kappa shape index (κ3) is 4.84. The molecule has 1 aromatic rings. The molecule has 1 atom stereocenters. The molecule has 0 spiro atoms. The lowest BCUT2D eigenvalue weighted by Crippen LogP contribution is -2.27. The summed E-state index contributed by atoms with van der Waals surface area (Å²) in [7, 11) is 0. The SMILES string of the molecule is CCCOC1CCCN(c2nccnc2OC(C)C)CC1. The molecular formula is C16H27N3O2. The van der Waals surface area contributed by atoms with Crippen molar-refractivity contribution in [1.29, 1.82) is 0 Å². The Bertz CT molecular complexity index is 426. The maximum Gasteiger partial charge on any atom is 0.257 e. The van der Waals surface area contributed by atoms with Crippen molar-refractivity contribution in [2.75, 3.05) is 24.6 Å². The first-order valence-electron chi connectivity index (χ1n) is 8.05. The molecule has 1 saturated heterocycles. The Morgan fingerprint density at radius 1 is 1.24 bits per heavy atom. The fourth-order valence-corrected chi connectivity index (χ4v) is 2.57. The van der Waals surface area contributed by atoms with Crippen LogP contribution in [0.5, 0.6) is 5.88 Å². The highest BCUT2D eigenvalue weighted by molar-refractivity contribution is 5.47. The van der Waals surface area contributed by atoms with Crippen LogP contribution in [0.2, 0.25) is 0 Å². The molecule has 1 unspecified atom stereocenters. The Balaban J connectivity index is 2.01. The number of rotatable bonds is 6. The molecule has 1 aromatic heterocycles. The van der Waals surface area contributed by atoms with Crippen molar-refractivity contribution in [1.82, 2.24) is 9.97 Å². The summed E-state index contributed by atoms with van der Waals surface area (Å²) in [4.78, 5) is 11.1. The zero-order chi connectivity index (χ0) is 15.1. The lowest BCUT2D eigenvalue weighted by atomic mass is 10.2. The number of nitrogens with zero attached hydrogens (tertiary/aromatic N) is 3. The summed E-state index contributed by atoms with van der Waals surface area (Å²) in [6, 6.07) is 0. The van der Waals surface area contributed by atoms with Crippen molar-refractivity contribution in [2.45, 2.75) is 58.7 Å². The van der Waals surface area contributed by atoms with Crippen molar-refractivity contribution in [3.63, 3.8) is 0 Å². The van der Waals surface area contributed by atoms with Crippen molar-refractivity contribution < 1.29 is 9.47 Å². The third-order valence-corrected chi connectivity index (χ3v) is 3.53. The van der Waals surface area contributed by atoms with Gasteiger partial charge in [-0.3, -0.25) is 0 Å². The Kier molecular flexibility index (Phi) is 6.23. The highest BCUT2D eigenvalue weighted by Gasteiger charge is 2.21. The molecule has 1 aliphatic rings. The average molecular weight is 293 g/mol. The van der Waals surface area contributed by atoms with Gasteiger partial charge >= 0.3 is 0 Å². The summed E-state index contributed by atoms with van der Waals surface area (Å²) < 4.78 is 11.7. The molecule has 5 nitrogen and oxygen atoms in total. The highest BCUT2D eigenvalue weighted by Crippen LogP contribution is 2.26. The van der Waals surface area contributed by atoms with Crippen LogP contribution in [0, 0.1) is 0 Å². The van der Waals surface area contributed by atoms with E-state index < -0.39 is 0 Å². The minimum atomic E-state index is 0.105. The van der Waals surface area contributed by atoms with Crippen LogP contribution in [0.4, 0.5) is 5.82 Å². The predicted molar refractivity (Wildman–Crippen MR) is 83.9 cm³/mol. The highest BCUT2D eigenvalue weighted by atomic mass is 16.5. The molecule has 0 amide bonds. The standard InChI is InChI=1S/C16H27N3O2/c1-4-12-20-14-6-5-10-19(11-7-14)15-16(21-13(2)3)18-9-8-17-15/h8-9,13-14H,4-7,10-12H2,1-3H3. The van der Waals surface area contributed by atoms with E-state index in [2.05, 4.69) is 21.8 Å². The lowest BCUT2D eigenvalue weighted by Gasteiger charge is -2.23. The maximum atomic E-state index is 5.90. The van der Waals surface area contributed by atoms with Crippen LogP contribution in [0.1, 0.15) is 46.5 Å². The molecule has 2 heterocycles. The predicted octanol–water partition coefficient (Wildman–Crippen LogP) is 3.05. The van der Waals surface area contributed by atoms with E-state index in [9.17, 15) is 0 Å². The molecule has 0 radical (unpaired) electrons. The first-order valence-corrected chi connectivity index (χ1v) is 8.05. The molecule has 21 heavy (non-hydrogen) atoms. The van der Waals surface area contributed by atoms with Gasteiger partial charge in [-0.2, -0.15) is 0 Å². The van der Waals surface area contributed by atoms with Crippen LogP contribution in [0.15, 0.2) is 12.4 Å². The molecule has 1 aliphatic heterocycles. The molecule has 118 valence electrons. The zero-order valence-electron chi connectivity index (χ0n) is 13.4. The van der Waals surface area contributed by atoms with Crippen LogP contribution in [-0.2, 0) is 4.74 Å². The molecule has 5 heteroatoms. The van der Waals surface area contributed by atoms with Crippen LogP contribution < -0.4 is 9.64 Å². The number of hydrogen-bond donors (Lipinski definition) is 0. The van der Waals surface area contributed by atoms with Crippen LogP contribution in [0.3, 0.4) is 0 Å². The lowest BCUT2D eigenvalue weighted by molar-refractivity contribution is 0.0461. The Labute approximate surface area is 127 Å². The van der Waals surface area contributed by atoms with Crippen LogP contribution >= 0.6 is 0 Å². The second kappa shape index (κ2) is 8.17. The van der Waals surface area contributed by atoms with Gasteiger partial charge < -0.3 is 14.4 Å². The average Bonchev–Trinajstić information content (AvgIpc) is 2.70. The summed E-state index contributed by atoms with van der Waals surface area (Å²) in [5, 5.41) is 0. The van der Waals surface area contributed by atoms with Gasteiger partial charge in [0.25, 0.3) is 5.88 Å². The van der Waals surface area contributed by atoms with Crippen molar-refractivity contribution in [3.8, 4) is 5.88 Å². The molecule has 0 N–H and O–H groups in total. The van der Waals surface area contributed by atoms with Gasteiger partial charge in [0.15, 0.2) is 5.82 Å². The van der Waals surface area contributed by atoms with Gasteiger partial charge in [0.2, 0.25) is 0 Å². The summed E-state index contributed by atoms with van der Waals surface area (Å²) >= 11 is 0. The summed E-state index contributed by atoms with van der Waals surface area (Å²) in [5.74, 6) is 1.50. The van der Waals surface area contributed by atoms with Gasteiger partial charge in [-0.1, -0.05) is 6.92 Å². The monoisotopic (exact) mass is 293 g/mol. The van der Waals surface area contributed by atoms with Gasteiger partial charge in [0.1, 0.15) is 0 Å².